The topological polar surface area (TPSA) is 42.4 Å². The lowest BCUT2D eigenvalue weighted by molar-refractivity contribution is -0.277. The van der Waals surface area contributed by atoms with Crippen LogP contribution in [0.3, 0.4) is 0 Å². The standard InChI is InChI=1S/C8H4F7NO2/c9-4-1-3(2-17)6(18-8(13,14)15)16-5(4)7(10,11)12/h1,17H,2H2. The maximum Gasteiger partial charge on any atom is 0.574 e. The van der Waals surface area contributed by atoms with E-state index in [4.69, 9.17) is 5.11 Å². The van der Waals surface area contributed by atoms with Crippen LogP contribution in [0.25, 0.3) is 0 Å². The van der Waals surface area contributed by atoms with Gasteiger partial charge in [-0.1, -0.05) is 0 Å². The highest BCUT2D eigenvalue weighted by molar-refractivity contribution is 5.30. The molecule has 0 aliphatic rings. The van der Waals surface area contributed by atoms with E-state index in [1.165, 1.54) is 0 Å². The van der Waals surface area contributed by atoms with E-state index in [0.717, 1.165) is 0 Å². The van der Waals surface area contributed by atoms with Gasteiger partial charge in [0.1, 0.15) is 0 Å². The van der Waals surface area contributed by atoms with Crippen molar-refractivity contribution in [1.82, 2.24) is 4.98 Å². The summed E-state index contributed by atoms with van der Waals surface area (Å²) in [5.74, 6) is -3.44. The van der Waals surface area contributed by atoms with Crippen molar-refractivity contribution in [3.63, 3.8) is 0 Å². The van der Waals surface area contributed by atoms with Crippen LogP contribution in [0.1, 0.15) is 11.3 Å². The molecule has 18 heavy (non-hydrogen) atoms. The fourth-order valence-electron chi connectivity index (χ4n) is 1.02. The molecule has 0 atom stereocenters. The first-order chi connectivity index (χ1) is 8.04. The summed E-state index contributed by atoms with van der Waals surface area (Å²) in [4.78, 5) is 2.40. The minimum absolute atomic E-state index is 0.0803. The highest BCUT2D eigenvalue weighted by atomic mass is 19.4. The molecular formula is C8H4F7NO2. The molecule has 0 radical (unpaired) electrons. The van der Waals surface area contributed by atoms with E-state index in [1.54, 1.807) is 0 Å². The molecule has 0 bridgehead atoms. The maximum atomic E-state index is 12.9. The second-order valence-electron chi connectivity index (χ2n) is 2.99. The quantitative estimate of drug-likeness (QED) is 0.846. The Kier molecular flexibility index (Phi) is 3.70. The summed E-state index contributed by atoms with van der Waals surface area (Å²) in [6.45, 7) is -1.16. The van der Waals surface area contributed by atoms with Crippen LogP contribution in [0.5, 0.6) is 5.88 Å². The number of pyridine rings is 1. The smallest absolute Gasteiger partial charge is 0.391 e. The summed E-state index contributed by atoms with van der Waals surface area (Å²) >= 11 is 0. The van der Waals surface area contributed by atoms with Crippen molar-refractivity contribution in [3.8, 4) is 5.88 Å². The molecule has 0 aliphatic heterocycles. The molecule has 0 unspecified atom stereocenters. The number of alkyl halides is 6. The summed E-state index contributed by atoms with van der Waals surface area (Å²) in [5, 5.41) is 8.60. The summed E-state index contributed by atoms with van der Waals surface area (Å²) in [6.07, 6.45) is -10.6. The molecule has 1 aromatic rings. The van der Waals surface area contributed by atoms with E-state index >= 15 is 0 Å². The van der Waals surface area contributed by atoms with Gasteiger partial charge in [0.15, 0.2) is 11.5 Å². The number of nitrogens with zero attached hydrogens (tertiary/aromatic N) is 1. The summed E-state index contributed by atoms with van der Waals surface area (Å²) in [6, 6.07) is 0.0803. The molecular weight excluding hydrogens is 275 g/mol. The van der Waals surface area contributed by atoms with Gasteiger partial charge in [0.05, 0.1) is 6.61 Å². The van der Waals surface area contributed by atoms with Gasteiger partial charge in [-0.3, -0.25) is 0 Å². The van der Waals surface area contributed by atoms with Crippen molar-refractivity contribution in [1.29, 1.82) is 0 Å². The molecule has 1 heterocycles. The molecule has 0 saturated carbocycles. The van der Waals surface area contributed by atoms with Crippen LogP contribution in [0, 0.1) is 5.82 Å². The molecule has 0 amide bonds. The highest BCUT2D eigenvalue weighted by Crippen LogP contribution is 2.34. The molecule has 0 spiro atoms. The van der Waals surface area contributed by atoms with Crippen LogP contribution >= 0.6 is 0 Å². The van der Waals surface area contributed by atoms with Gasteiger partial charge in [-0.15, -0.1) is 13.2 Å². The van der Waals surface area contributed by atoms with E-state index in [9.17, 15) is 30.7 Å². The predicted molar refractivity (Wildman–Crippen MR) is 41.8 cm³/mol. The normalized spacial score (nSPS) is 12.7. The number of aliphatic hydroxyl groups excluding tert-OH is 1. The Morgan fingerprint density at radius 2 is 1.72 bits per heavy atom. The Morgan fingerprint density at radius 1 is 1.17 bits per heavy atom. The minimum Gasteiger partial charge on any atom is -0.391 e. The van der Waals surface area contributed by atoms with E-state index in [-0.39, 0.29) is 6.07 Å². The molecule has 0 aliphatic carbocycles. The van der Waals surface area contributed by atoms with Crippen molar-refractivity contribution < 1.29 is 40.6 Å². The summed E-state index contributed by atoms with van der Waals surface area (Å²) in [7, 11) is 0. The first kappa shape index (κ1) is 14.5. The van der Waals surface area contributed by atoms with Gasteiger partial charge >= 0.3 is 12.5 Å². The zero-order chi connectivity index (χ0) is 14.1. The molecule has 10 heteroatoms. The summed E-state index contributed by atoms with van der Waals surface area (Å²) in [5.41, 5.74) is -3.00. The molecule has 0 fully saturated rings. The monoisotopic (exact) mass is 279 g/mol. The van der Waals surface area contributed by atoms with Crippen LogP contribution in [0.2, 0.25) is 0 Å². The number of rotatable bonds is 2. The zero-order valence-electron chi connectivity index (χ0n) is 8.23. The highest BCUT2D eigenvalue weighted by Gasteiger charge is 2.39. The number of hydrogen-bond acceptors (Lipinski definition) is 3. The Balaban J connectivity index is 3.31. The maximum absolute atomic E-state index is 12.9. The van der Waals surface area contributed by atoms with Gasteiger partial charge in [-0.2, -0.15) is 13.2 Å². The third-order valence-corrected chi connectivity index (χ3v) is 1.67. The van der Waals surface area contributed by atoms with Gasteiger partial charge in [0.2, 0.25) is 5.88 Å². The SMILES string of the molecule is OCc1cc(F)c(C(F)(F)F)nc1OC(F)(F)F. The van der Waals surface area contributed by atoms with Gasteiger partial charge in [-0.05, 0) is 6.07 Å². The lowest BCUT2D eigenvalue weighted by Crippen LogP contribution is -2.21. The average molecular weight is 279 g/mol. The van der Waals surface area contributed by atoms with Crippen LogP contribution in [-0.2, 0) is 12.8 Å². The third kappa shape index (κ3) is 3.45. The third-order valence-electron chi connectivity index (χ3n) is 1.67. The molecule has 1 rings (SSSR count). The van der Waals surface area contributed by atoms with E-state index in [0.29, 0.717) is 0 Å². The van der Waals surface area contributed by atoms with Crippen molar-refractivity contribution in [2.45, 2.75) is 19.1 Å². The molecule has 0 aromatic carbocycles. The average Bonchev–Trinajstić information content (AvgIpc) is 2.16. The molecule has 0 saturated heterocycles. The number of hydrogen-bond donors (Lipinski definition) is 1. The lowest BCUT2D eigenvalue weighted by atomic mass is 10.2. The summed E-state index contributed by atoms with van der Waals surface area (Å²) < 4.78 is 88.3. The van der Waals surface area contributed by atoms with Gasteiger partial charge in [0, 0.05) is 5.56 Å². The molecule has 1 N–H and O–H groups in total. The van der Waals surface area contributed by atoms with Crippen LogP contribution in [0.15, 0.2) is 6.07 Å². The number of aliphatic hydroxyl groups is 1. The number of aromatic nitrogens is 1. The largest absolute Gasteiger partial charge is 0.574 e. The van der Waals surface area contributed by atoms with Crippen LogP contribution < -0.4 is 4.74 Å². The van der Waals surface area contributed by atoms with E-state index in [2.05, 4.69) is 9.72 Å². The molecule has 3 nitrogen and oxygen atoms in total. The van der Waals surface area contributed by atoms with Crippen molar-refractivity contribution in [2.24, 2.45) is 0 Å². The minimum atomic E-state index is -5.31. The fraction of sp³-hybridized carbons (Fsp3) is 0.375. The Hall–Kier alpha value is -1.58. The van der Waals surface area contributed by atoms with E-state index < -0.39 is 42.1 Å². The van der Waals surface area contributed by atoms with Crippen LogP contribution in [-0.4, -0.2) is 16.5 Å². The van der Waals surface area contributed by atoms with Crippen molar-refractivity contribution >= 4 is 0 Å². The van der Waals surface area contributed by atoms with Crippen LogP contribution in [0.4, 0.5) is 30.7 Å². The Bertz CT molecular complexity index is 440. The Labute approximate surface area is 94.8 Å². The predicted octanol–water partition coefficient (Wildman–Crippen LogP) is 2.63. The number of halogens is 7. The lowest BCUT2D eigenvalue weighted by Gasteiger charge is -2.14. The van der Waals surface area contributed by atoms with Gasteiger partial charge in [-0.25, -0.2) is 9.37 Å². The Morgan fingerprint density at radius 3 is 2.11 bits per heavy atom. The van der Waals surface area contributed by atoms with E-state index in [1.807, 2.05) is 0 Å². The van der Waals surface area contributed by atoms with Gasteiger partial charge < -0.3 is 9.84 Å². The first-order valence-electron chi connectivity index (χ1n) is 4.18. The fourth-order valence-corrected chi connectivity index (χ4v) is 1.02. The van der Waals surface area contributed by atoms with Gasteiger partial charge in [0.25, 0.3) is 0 Å². The second kappa shape index (κ2) is 4.59. The first-order valence-corrected chi connectivity index (χ1v) is 4.18. The number of ether oxygens (including phenoxy) is 1. The zero-order valence-corrected chi connectivity index (χ0v) is 8.23. The second-order valence-corrected chi connectivity index (χ2v) is 2.99. The van der Waals surface area contributed by atoms with Crippen molar-refractivity contribution in [3.05, 3.63) is 23.1 Å². The molecule has 102 valence electrons. The molecule has 1 aromatic heterocycles. The van der Waals surface area contributed by atoms with Crippen molar-refractivity contribution in [2.75, 3.05) is 0 Å².